The summed E-state index contributed by atoms with van der Waals surface area (Å²) in [6.07, 6.45) is 0. The Kier molecular flexibility index (Phi) is 8.20. The summed E-state index contributed by atoms with van der Waals surface area (Å²) in [5.74, 6) is 0. The molecule has 0 fully saturated rings. The smallest absolute Gasteiger partial charge is 0.0540 e. The van der Waals surface area contributed by atoms with Crippen LogP contribution in [0.1, 0.15) is 25.0 Å². The van der Waals surface area contributed by atoms with E-state index in [0.29, 0.717) is 0 Å². The summed E-state index contributed by atoms with van der Waals surface area (Å²) < 4.78 is 0. The van der Waals surface area contributed by atoms with E-state index >= 15 is 0 Å². The van der Waals surface area contributed by atoms with Gasteiger partial charge in [-0.2, -0.15) is 0 Å². The van der Waals surface area contributed by atoms with Gasteiger partial charge in [-0.05, 0) is 133 Å². The van der Waals surface area contributed by atoms with Crippen molar-refractivity contribution in [2.45, 2.75) is 19.3 Å². The average Bonchev–Trinajstić information content (AvgIpc) is 3.54. The van der Waals surface area contributed by atoms with E-state index in [2.05, 4.69) is 242 Å². The molecular weight excluding hydrogens is 713 g/mol. The van der Waals surface area contributed by atoms with Gasteiger partial charge in [-0.1, -0.05) is 159 Å². The molecule has 10 aromatic carbocycles. The largest absolute Gasteiger partial charge is 0.310 e. The van der Waals surface area contributed by atoms with Crippen LogP contribution in [0.5, 0.6) is 0 Å². The van der Waals surface area contributed by atoms with E-state index in [0.717, 1.165) is 34.1 Å². The highest BCUT2D eigenvalue weighted by molar-refractivity contribution is 6.19. The second-order valence-electron chi connectivity index (χ2n) is 16.1. The van der Waals surface area contributed by atoms with Crippen molar-refractivity contribution in [3.8, 4) is 22.3 Å². The number of hydrogen-bond acceptors (Lipinski definition) is 2. The third kappa shape index (κ3) is 5.63. The lowest BCUT2D eigenvalue weighted by molar-refractivity contribution is 0.667. The van der Waals surface area contributed by atoms with E-state index in [1.807, 2.05) is 0 Å². The Balaban J connectivity index is 1.07. The standard InChI is InChI=1S/C57H42N2/c1-57(2)53-37-39(45-35-36-54(48-29-17-15-27-46(45)48)59(42-23-11-5-12-24-42)43-25-13-6-14-26-43)31-33-51(53)55-49-30-18-16-28-47(49)52-38-44(32-34-50(52)56(55)57)58(40-19-7-3-8-20-40)41-21-9-4-10-22-41/h3-38H,1-2H3. The Bertz CT molecular complexity index is 3090. The van der Waals surface area contributed by atoms with Crippen LogP contribution in [-0.4, -0.2) is 0 Å². The minimum absolute atomic E-state index is 0.240. The SMILES string of the molecule is CC1(C)c2cc(-c3ccc(N(c4ccccc4)c4ccccc4)c4ccccc34)ccc2-c2c1c1ccc(N(c3ccccc3)c3ccccc3)cc1c1ccccc21. The lowest BCUT2D eigenvalue weighted by atomic mass is 9.78. The van der Waals surface area contributed by atoms with Gasteiger partial charge in [0.2, 0.25) is 0 Å². The molecule has 280 valence electrons. The Morgan fingerprint density at radius 2 is 0.814 bits per heavy atom. The maximum absolute atomic E-state index is 2.48. The molecule has 2 nitrogen and oxygen atoms in total. The highest BCUT2D eigenvalue weighted by Crippen LogP contribution is 2.56. The zero-order valence-corrected chi connectivity index (χ0v) is 33.2. The molecule has 0 saturated carbocycles. The van der Waals surface area contributed by atoms with Gasteiger partial charge in [0.25, 0.3) is 0 Å². The maximum Gasteiger partial charge on any atom is 0.0540 e. The highest BCUT2D eigenvalue weighted by atomic mass is 15.1. The normalized spacial score (nSPS) is 12.7. The summed E-state index contributed by atoms with van der Waals surface area (Å²) in [6, 6.07) is 79.5. The van der Waals surface area contributed by atoms with Crippen LogP contribution >= 0.6 is 0 Å². The summed E-state index contributed by atoms with van der Waals surface area (Å²) in [6.45, 7) is 4.84. The summed E-state index contributed by atoms with van der Waals surface area (Å²) in [7, 11) is 0. The molecule has 0 radical (unpaired) electrons. The van der Waals surface area contributed by atoms with Crippen molar-refractivity contribution in [3.63, 3.8) is 0 Å². The molecule has 10 aromatic rings. The van der Waals surface area contributed by atoms with E-state index in [9.17, 15) is 0 Å². The molecule has 59 heavy (non-hydrogen) atoms. The van der Waals surface area contributed by atoms with Gasteiger partial charge >= 0.3 is 0 Å². The van der Waals surface area contributed by atoms with Crippen LogP contribution in [0.15, 0.2) is 218 Å². The summed E-state index contributed by atoms with van der Waals surface area (Å²) in [5, 5.41) is 7.61. The van der Waals surface area contributed by atoms with E-state index in [1.54, 1.807) is 0 Å². The second-order valence-corrected chi connectivity index (χ2v) is 16.1. The van der Waals surface area contributed by atoms with Crippen molar-refractivity contribution in [2.75, 3.05) is 9.80 Å². The number of hydrogen-bond donors (Lipinski definition) is 0. The first-order valence-corrected chi connectivity index (χ1v) is 20.5. The number of benzene rings is 10. The van der Waals surface area contributed by atoms with Gasteiger partial charge in [0, 0.05) is 39.2 Å². The van der Waals surface area contributed by atoms with Gasteiger partial charge in [0.05, 0.1) is 5.69 Å². The molecule has 0 saturated heterocycles. The van der Waals surface area contributed by atoms with Gasteiger partial charge in [0.15, 0.2) is 0 Å². The molecule has 1 aliphatic carbocycles. The zero-order chi connectivity index (χ0) is 39.5. The zero-order valence-electron chi connectivity index (χ0n) is 33.2. The first-order valence-electron chi connectivity index (χ1n) is 20.5. The Morgan fingerprint density at radius 3 is 1.41 bits per heavy atom. The van der Waals surface area contributed by atoms with Crippen LogP contribution in [0.25, 0.3) is 54.6 Å². The summed E-state index contributed by atoms with van der Waals surface area (Å²) in [5.41, 5.74) is 14.5. The maximum atomic E-state index is 2.48. The Morgan fingerprint density at radius 1 is 0.322 bits per heavy atom. The molecule has 0 unspecified atom stereocenters. The van der Waals surface area contributed by atoms with Gasteiger partial charge in [0.1, 0.15) is 0 Å². The lowest BCUT2D eigenvalue weighted by Crippen LogP contribution is -2.16. The third-order valence-electron chi connectivity index (χ3n) is 12.4. The predicted molar refractivity (Wildman–Crippen MR) is 251 cm³/mol. The Hall–Kier alpha value is -7.42. The molecule has 11 rings (SSSR count). The summed E-state index contributed by atoms with van der Waals surface area (Å²) >= 11 is 0. The topological polar surface area (TPSA) is 6.48 Å². The quantitative estimate of drug-likeness (QED) is 0.150. The minimum atomic E-state index is -0.240. The van der Waals surface area contributed by atoms with E-state index < -0.39 is 0 Å². The van der Waals surface area contributed by atoms with Gasteiger partial charge in [-0.25, -0.2) is 0 Å². The van der Waals surface area contributed by atoms with Gasteiger partial charge in [-0.3, -0.25) is 0 Å². The highest BCUT2D eigenvalue weighted by Gasteiger charge is 2.39. The van der Waals surface area contributed by atoms with Crippen LogP contribution in [0.3, 0.4) is 0 Å². The van der Waals surface area contributed by atoms with Crippen molar-refractivity contribution < 1.29 is 0 Å². The number of fused-ring (bicyclic) bond motifs is 9. The molecular formula is C57H42N2. The molecule has 0 amide bonds. The molecule has 2 heteroatoms. The molecule has 0 aromatic heterocycles. The second kappa shape index (κ2) is 13.9. The Labute approximate surface area is 345 Å². The molecule has 0 spiro atoms. The first-order chi connectivity index (χ1) is 29.1. The number of nitrogens with zero attached hydrogens (tertiary/aromatic N) is 2. The van der Waals surface area contributed by atoms with E-state index in [-0.39, 0.29) is 5.41 Å². The first kappa shape index (κ1) is 34.8. The van der Waals surface area contributed by atoms with E-state index in [4.69, 9.17) is 0 Å². The number of para-hydroxylation sites is 4. The van der Waals surface area contributed by atoms with Crippen molar-refractivity contribution in [1.82, 2.24) is 0 Å². The molecule has 0 atom stereocenters. The molecule has 0 N–H and O–H groups in total. The van der Waals surface area contributed by atoms with Gasteiger partial charge in [-0.15, -0.1) is 0 Å². The van der Waals surface area contributed by atoms with E-state index in [1.165, 1.54) is 65.7 Å². The molecule has 0 heterocycles. The molecule has 1 aliphatic rings. The number of anilines is 6. The fraction of sp³-hybridized carbons (Fsp3) is 0.0526. The van der Waals surface area contributed by atoms with Crippen molar-refractivity contribution in [2.24, 2.45) is 0 Å². The monoisotopic (exact) mass is 754 g/mol. The lowest BCUT2D eigenvalue weighted by Gasteiger charge is -2.28. The minimum Gasteiger partial charge on any atom is -0.310 e. The van der Waals surface area contributed by atoms with Crippen LogP contribution in [0.4, 0.5) is 34.1 Å². The molecule has 0 bridgehead atoms. The van der Waals surface area contributed by atoms with Gasteiger partial charge < -0.3 is 9.80 Å². The molecule has 0 aliphatic heterocycles. The third-order valence-corrected chi connectivity index (χ3v) is 12.4. The fourth-order valence-electron chi connectivity index (χ4n) is 9.74. The van der Waals surface area contributed by atoms with Crippen LogP contribution in [0, 0.1) is 0 Å². The van der Waals surface area contributed by atoms with Crippen molar-refractivity contribution >= 4 is 66.4 Å². The fourth-order valence-corrected chi connectivity index (χ4v) is 9.74. The van der Waals surface area contributed by atoms with Crippen LogP contribution < -0.4 is 9.80 Å². The van der Waals surface area contributed by atoms with Crippen molar-refractivity contribution in [1.29, 1.82) is 0 Å². The van der Waals surface area contributed by atoms with Crippen LogP contribution in [0.2, 0.25) is 0 Å². The summed E-state index contributed by atoms with van der Waals surface area (Å²) in [4.78, 5) is 4.73. The van der Waals surface area contributed by atoms with Crippen LogP contribution in [-0.2, 0) is 5.41 Å². The predicted octanol–water partition coefficient (Wildman–Crippen LogP) is 16.1. The number of rotatable bonds is 7. The van der Waals surface area contributed by atoms with Crippen molar-refractivity contribution in [3.05, 3.63) is 230 Å². The average molecular weight is 755 g/mol.